The minimum Gasteiger partial charge on any atom is -0.288 e. The van der Waals surface area contributed by atoms with Gasteiger partial charge in [-0.3, -0.25) is 4.79 Å². The first-order valence-corrected chi connectivity index (χ1v) is 7.75. The van der Waals surface area contributed by atoms with E-state index in [4.69, 9.17) is 0 Å². The van der Waals surface area contributed by atoms with Crippen LogP contribution in [0.15, 0.2) is 53.4 Å². The lowest BCUT2D eigenvalue weighted by atomic mass is 10.0. The van der Waals surface area contributed by atoms with Gasteiger partial charge in [0.15, 0.2) is 5.78 Å². The monoisotopic (exact) mass is 410 g/mol. The van der Waals surface area contributed by atoms with Crippen molar-refractivity contribution in [2.24, 2.45) is 0 Å². The average Bonchev–Trinajstić information content (AvgIpc) is 2.46. The molecule has 0 saturated heterocycles. The fourth-order valence-corrected chi connectivity index (χ4v) is 2.61. The van der Waals surface area contributed by atoms with Gasteiger partial charge in [0.2, 0.25) is 0 Å². The van der Waals surface area contributed by atoms with E-state index in [1.54, 1.807) is 15.9 Å². The molecule has 0 saturated carbocycles. The molecule has 0 aliphatic carbocycles. The predicted octanol–water partition coefficient (Wildman–Crippen LogP) is 5.73. The maximum Gasteiger partial charge on any atom is 0.373 e. The van der Waals surface area contributed by atoms with Crippen molar-refractivity contribution in [1.82, 2.24) is 0 Å². The Kier molecular flexibility index (Phi) is 5.15. The largest absolute Gasteiger partial charge is 0.373 e. The van der Waals surface area contributed by atoms with Gasteiger partial charge in [-0.15, -0.1) is 0 Å². The quantitative estimate of drug-likeness (QED) is 0.271. The molecule has 0 atom stereocenters. The molecule has 0 spiro atoms. The molecule has 1 nitrogen and oxygen atoms in total. The van der Waals surface area contributed by atoms with Crippen molar-refractivity contribution < 1.29 is 26.7 Å². The van der Waals surface area contributed by atoms with Gasteiger partial charge in [0.05, 0.1) is 5.56 Å². The molecule has 2 aromatic carbocycles. The molecule has 2 rings (SSSR count). The average molecular weight is 411 g/mol. The zero-order valence-corrected chi connectivity index (χ0v) is 13.6. The van der Waals surface area contributed by atoms with Crippen molar-refractivity contribution in [3.8, 4) is 0 Å². The fourth-order valence-electron chi connectivity index (χ4n) is 1.68. The summed E-state index contributed by atoms with van der Waals surface area (Å²) in [6.45, 7) is 0. The van der Waals surface area contributed by atoms with Crippen molar-refractivity contribution in [3.63, 3.8) is 0 Å². The summed E-state index contributed by atoms with van der Waals surface area (Å²) in [6, 6.07) is 9.89. The van der Waals surface area contributed by atoms with E-state index in [0.29, 0.717) is 0 Å². The van der Waals surface area contributed by atoms with E-state index in [1.807, 2.05) is 0 Å². The smallest absolute Gasteiger partial charge is 0.288 e. The lowest BCUT2D eigenvalue weighted by Gasteiger charge is -2.20. The summed E-state index contributed by atoms with van der Waals surface area (Å²) in [6.07, 6.45) is 0. The topological polar surface area (TPSA) is 17.1 Å². The molecule has 0 amide bonds. The molecule has 0 fully saturated rings. The summed E-state index contributed by atoms with van der Waals surface area (Å²) in [5.41, 5.74) is -0.0985. The molecule has 0 aliphatic heterocycles. The molecule has 23 heavy (non-hydrogen) atoms. The molecule has 0 radical (unpaired) electrons. The highest BCUT2D eigenvalue weighted by atomic mass is 79.9. The first-order chi connectivity index (χ1) is 10.6. The third-order valence-electron chi connectivity index (χ3n) is 2.81. The number of hydrogen-bond acceptors (Lipinski definition) is 2. The van der Waals surface area contributed by atoms with Gasteiger partial charge in [0, 0.05) is 10.5 Å². The lowest BCUT2D eigenvalue weighted by Crippen LogP contribution is -2.30. The van der Waals surface area contributed by atoms with Crippen LogP contribution in [0.5, 0.6) is 0 Å². The number of alkyl halides is 5. The molecule has 0 bridgehead atoms. The second kappa shape index (κ2) is 6.60. The molecule has 0 N–H and O–H groups in total. The third-order valence-corrected chi connectivity index (χ3v) is 4.59. The van der Waals surface area contributed by atoms with E-state index in [2.05, 4.69) is 0 Å². The zero-order chi connectivity index (χ0) is 17.3. The lowest BCUT2D eigenvalue weighted by molar-refractivity contribution is -0.0779. The third kappa shape index (κ3) is 4.11. The summed E-state index contributed by atoms with van der Waals surface area (Å²) in [5, 5.41) is -4.36. The maximum absolute atomic E-state index is 13.5. The van der Waals surface area contributed by atoms with Crippen LogP contribution in [-0.2, 0) is 0 Å². The number of carbonyl (C=O) groups excluding carboxylic acids is 1. The summed E-state index contributed by atoms with van der Waals surface area (Å²) in [7, 11) is 0. The van der Waals surface area contributed by atoms with Gasteiger partial charge in [0.1, 0.15) is 5.82 Å². The van der Waals surface area contributed by atoms with Crippen molar-refractivity contribution in [3.05, 3.63) is 65.5 Å². The number of hydrogen-bond donors (Lipinski definition) is 0. The van der Waals surface area contributed by atoms with Crippen LogP contribution in [-0.4, -0.2) is 15.9 Å². The van der Waals surface area contributed by atoms with Crippen LogP contribution in [0, 0.1) is 5.82 Å². The minimum absolute atomic E-state index is 0.0633. The van der Waals surface area contributed by atoms with Crippen LogP contribution in [0.2, 0.25) is 0 Å². The van der Waals surface area contributed by atoms with Crippen molar-refractivity contribution in [1.29, 1.82) is 0 Å². The normalized spacial score (nSPS) is 12.3. The van der Waals surface area contributed by atoms with Gasteiger partial charge in [-0.2, -0.15) is 17.6 Å². The number of ketones is 1. The molecular formula is C15H8BrF5OS. The highest BCUT2D eigenvalue weighted by molar-refractivity contribution is 9.10. The van der Waals surface area contributed by atoms with Gasteiger partial charge in [-0.05, 0) is 64.1 Å². The molecule has 2 aromatic rings. The minimum atomic E-state index is -4.37. The number of thioether (sulfide) groups is 1. The van der Waals surface area contributed by atoms with Crippen molar-refractivity contribution >= 4 is 33.5 Å². The van der Waals surface area contributed by atoms with E-state index >= 15 is 0 Å². The van der Waals surface area contributed by atoms with Crippen LogP contribution in [0.3, 0.4) is 0 Å². The standard InChI is InChI=1S/C15H8BrF5OS/c16-14(18,19)15(20,21)23-10-7-5-9(6-8-10)13(22)11-3-1-2-4-12(11)17/h1-8H. The second-order valence-electron chi connectivity index (χ2n) is 4.45. The van der Waals surface area contributed by atoms with Crippen LogP contribution < -0.4 is 0 Å². The highest BCUT2D eigenvalue weighted by Gasteiger charge is 2.55. The summed E-state index contributed by atoms with van der Waals surface area (Å²) >= 11 is 1.29. The second-order valence-corrected chi connectivity index (χ2v) is 6.63. The Bertz CT molecular complexity index is 713. The Morgan fingerprint density at radius 1 is 0.957 bits per heavy atom. The van der Waals surface area contributed by atoms with Crippen LogP contribution >= 0.6 is 27.7 Å². The Hall–Kier alpha value is -1.41. The Balaban J connectivity index is 2.20. The number of halogens is 6. The van der Waals surface area contributed by atoms with Crippen LogP contribution in [0.4, 0.5) is 22.0 Å². The summed E-state index contributed by atoms with van der Waals surface area (Å²) in [4.78, 5) is 7.58. The first-order valence-electron chi connectivity index (χ1n) is 6.14. The van der Waals surface area contributed by atoms with E-state index < -0.39 is 21.7 Å². The van der Waals surface area contributed by atoms with E-state index in [1.165, 1.54) is 30.3 Å². The van der Waals surface area contributed by atoms with Crippen molar-refractivity contribution in [2.45, 2.75) is 15.0 Å². The molecule has 0 heterocycles. The Morgan fingerprint density at radius 3 is 2.04 bits per heavy atom. The SMILES string of the molecule is O=C(c1ccc(SC(F)(F)C(F)(F)Br)cc1)c1ccccc1F. The van der Waals surface area contributed by atoms with Gasteiger partial charge in [-0.1, -0.05) is 12.1 Å². The van der Waals surface area contributed by atoms with Crippen LogP contribution in [0.1, 0.15) is 15.9 Å². The summed E-state index contributed by atoms with van der Waals surface area (Å²) in [5.74, 6) is -1.33. The molecule has 8 heteroatoms. The van der Waals surface area contributed by atoms with E-state index in [9.17, 15) is 26.7 Å². The molecule has 0 aromatic heterocycles. The number of carbonyl (C=O) groups is 1. The van der Waals surface area contributed by atoms with Crippen molar-refractivity contribution in [2.75, 3.05) is 0 Å². The number of rotatable bonds is 5. The van der Waals surface area contributed by atoms with Gasteiger partial charge < -0.3 is 0 Å². The van der Waals surface area contributed by atoms with Gasteiger partial charge in [0.25, 0.3) is 0 Å². The summed E-state index contributed by atoms with van der Waals surface area (Å²) < 4.78 is 65.4. The highest BCUT2D eigenvalue weighted by Crippen LogP contribution is 2.49. The Labute approximate surface area is 141 Å². The maximum atomic E-state index is 13.5. The zero-order valence-electron chi connectivity index (χ0n) is 11.2. The molecule has 122 valence electrons. The van der Waals surface area contributed by atoms with E-state index in [-0.39, 0.29) is 27.8 Å². The van der Waals surface area contributed by atoms with Gasteiger partial charge in [-0.25, -0.2) is 4.39 Å². The predicted molar refractivity (Wildman–Crippen MR) is 81.0 cm³/mol. The fraction of sp³-hybridized carbons (Fsp3) is 0.133. The van der Waals surface area contributed by atoms with Crippen LogP contribution in [0.25, 0.3) is 0 Å². The Morgan fingerprint density at radius 2 is 1.52 bits per heavy atom. The van der Waals surface area contributed by atoms with E-state index in [0.717, 1.165) is 18.2 Å². The first kappa shape index (κ1) is 17.9. The molecular weight excluding hydrogens is 403 g/mol. The number of benzene rings is 2. The molecule has 0 unspecified atom stereocenters. The van der Waals surface area contributed by atoms with Gasteiger partial charge >= 0.3 is 10.1 Å². The molecule has 0 aliphatic rings.